The summed E-state index contributed by atoms with van der Waals surface area (Å²) in [7, 11) is 0. The summed E-state index contributed by atoms with van der Waals surface area (Å²) in [5, 5.41) is 14.2. The Bertz CT molecular complexity index is 1020. The normalized spacial score (nSPS) is 15.6. The van der Waals surface area contributed by atoms with Crippen LogP contribution in [0.2, 0.25) is 0 Å². The molecule has 0 amide bonds. The van der Waals surface area contributed by atoms with E-state index in [9.17, 15) is 9.50 Å². The number of phenolic OH excluding ortho intramolecular Hbond substituents is 1. The van der Waals surface area contributed by atoms with Crippen molar-refractivity contribution in [3.8, 4) is 17.1 Å². The van der Waals surface area contributed by atoms with Crippen molar-refractivity contribution < 1.29 is 14.2 Å². The lowest BCUT2D eigenvalue weighted by atomic mass is 10.0. The topological polar surface area (TPSA) is 70.5 Å². The first-order valence-corrected chi connectivity index (χ1v) is 9.76. The van der Waals surface area contributed by atoms with Crippen LogP contribution in [-0.2, 0) is 4.74 Å². The molecule has 2 aromatic carbocycles. The van der Waals surface area contributed by atoms with Gasteiger partial charge < -0.3 is 15.2 Å². The van der Waals surface area contributed by atoms with E-state index in [1.165, 1.54) is 12.1 Å². The van der Waals surface area contributed by atoms with Crippen molar-refractivity contribution in [1.29, 1.82) is 0 Å². The smallest absolute Gasteiger partial charge is 0.165 e. The molecule has 0 atom stereocenters. The largest absolute Gasteiger partial charge is 0.507 e. The van der Waals surface area contributed by atoms with Gasteiger partial charge in [0.25, 0.3) is 0 Å². The summed E-state index contributed by atoms with van der Waals surface area (Å²) in [6.45, 7) is 8.15. The molecule has 2 N–H and O–H groups in total. The van der Waals surface area contributed by atoms with Crippen molar-refractivity contribution >= 4 is 16.7 Å². The van der Waals surface area contributed by atoms with Crippen LogP contribution in [0.25, 0.3) is 22.3 Å². The number of aromatic nitrogens is 2. The molecule has 7 heteroatoms. The van der Waals surface area contributed by atoms with Gasteiger partial charge in [-0.15, -0.1) is 0 Å². The average molecular weight is 396 g/mol. The summed E-state index contributed by atoms with van der Waals surface area (Å²) in [6.07, 6.45) is 0. The van der Waals surface area contributed by atoms with E-state index >= 15 is 0 Å². The molecule has 29 heavy (non-hydrogen) atoms. The second kappa shape index (κ2) is 7.93. The molecule has 0 aliphatic carbocycles. The van der Waals surface area contributed by atoms with Gasteiger partial charge in [-0.05, 0) is 44.2 Å². The summed E-state index contributed by atoms with van der Waals surface area (Å²) in [6, 6.07) is 11.4. The standard InChI is InChI=1S/C22H25FN4O2/c1-22(2,27-9-11-29-12-10-27)14-24-20-17-13-15(23)7-8-18(17)25-21(26-20)16-5-3-4-6-19(16)28/h3-8,13,28H,9-12,14H2,1-2H3,(H,24,25,26). The summed E-state index contributed by atoms with van der Waals surface area (Å²) >= 11 is 0. The number of aromatic hydroxyl groups is 1. The Kier molecular flexibility index (Phi) is 5.34. The average Bonchev–Trinajstić information content (AvgIpc) is 2.73. The van der Waals surface area contributed by atoms with Gasteiger partial charge in [0, 0.05) is 30.6 Å². The zero-order valence-corrected chi connectivity index (χ0v) is 16.7. The second-order valence-corrected chi connectivity index (χ2v) is 7.84. The Morgan fingerprint density at radius 1 is 1.14 bits per heavy atom. The number of nitrogens with one attached hydrogen (secondary N) is 1. The summed E-state index contributed by atoms with van der Waals surface area (Å²) in [5.74, 6) is 0.712. The van der Waals surface area contributed by atoms with Crippen LogP contribution in [0.15, 0.2) is 42.5 Å². The van der Waals surface area contributed by atoms with Crippen LogP contribution < -0.4 is 5.32 Å². The number of para-hydroxylation sites is 1. The van der Waals surface area contributed by atoms with E-state index in [1.807, 2.05) is 6.07 Å². The van der Waals surface area contributed by atoms with Gasteiger partial charge in [0.1, 0.15) is 17.4 Å². The van der Waals surface area contributed by atoms with Crippen LogP contribution in [0.4, 0.5) is 10.2 Å². The third-order valence-corrected chi connectivity index (χ3v) is 5.36. The van der Waals surface area contributed by atoms with E-state index in [1.54, 1.807) is 24.3 Å². The molecule has 2 heterocycles. The lowest BCUT2D eigenvalue weighted by Gasteiger charge is -2.41. The highest BCUT2D eigenvalue weighted by Gasteiger charge is 2.28. The van der Waals surface area contributed by atoms with E-state index in [0.717, 1.165) is 26.3 Å². The third-order valence-electron chi connectivity index (χ3n) is 5.36. The summed E-state index contributed by atoms with van der Waals surface area (Å²) in [5.41, 5.74) is 1.02. The Hall–Kier alpha value is -2.77. The minimum absolute atomic E-state index is 0.105. The lowest BCUT2D eigenvalue weighted by Crippen LogP contribution is -2.53. The van der Waals surface area contributed by atoms with Gasteiger partial charge >= 0.3 is 0 Å². The maximum atomic E-state index is 13.9. The van der Waals surface area contributed by atoms with Crippen molar-refractivity contribution in [1.82, 2.24) is 14.9 Å². The molecule has 1 aliphatic rings. The minimum atomic E-state index is -0.341. The third kappa shape index (κ3) is 4.16. The quantitative estimate of drug-likeness (QED) is 0.686. The number of anilines is 1. The zero-order chi connectivity index (χ0) is 20.4. The van der Waals surface area contributed by atoms with Gasteiger partial charge in [0.2, 0.25) is 0 Å². The molecular formula is C22H25FN4O2. The maximum Gasteiger partial charge on any atom is 0.165 e. The number of ether oxygens (including phenoxy) is 1. The molecular weight excluding hydrogens is 371 g/mol. The van der Waals surface area contributed by atoms with Crippen LogP contribution in [0.5, 0.6) is 5.75 Å². The number of hydrogen-bond donors (Lipinski definition) is 2. The predicted molar refractivity (Wildman–Crippen MR) is 112 cm³/mol. The first-order valence-electron chi connectivity index (χ1n) is 9.76. The van der Waals surface area contributed by atoms with E-state index in [-0.39, 0.29) is 17.1 Å². The van der Waals surface area contributed by atoms with Crippen LogP contribution >= 0.6 is 0 Å². The Morgan fingerprint density at radius 3 is 2.66 bits per heavy atom. The van der Waals surface area contributed by atoms with Crippen molar-refractivity contribution in [2.75, 3.05) is 38.2 Å². The van der Waals surface area contributed by atoms with Crippen LogP contribution in [0.3, 0.4) is 0 Å². The number of halogens is 1. The Labute approximate surface area is 169 Å². The fraction of sp³-hybridized carbons (Fsp3) is 0.364. The number of fused-ring (bicyclic) bond motifs is 1. The van der Waals surface area contributed by atoms with Gasteiger partial charge in [-0.2, -0.15) is 0 Å². The van der Waals surface area contributed by atoms with Crippen molar-refractivity contribution in [2.24, 2.45) is 0 Å². The van der Waals surface area contributed by atoms with Crippen molar-refractivity contribution in [3.63, 3.8) is 0 Å². The lowest BCUT2D eigenvalue weighted by molar-refractivity contribution is -0.00569. The predicted octanol–water partition coefficient (Wildman–Crippen LogP) is 3.66. The molecule has 3 aromatic rings. The molecule has 1 aromatic heterocycles. The molecule has 0 saturated carbocycles. The van der Waals surface area contributed by atoms with Crippen LogP contribution in [0.1, 0.15) is 13.8 Å². The van der Waals surface area contributed by atoms with Gasteiger partial charge in [0.05, 0.1) is 24.3 Å². The molecule has 0 spiro atoms. The Balaban J connectivity index is 1.70. The van der Waals surface area contributed by atoms with E-state index in [4.69, 9.17) is 4.74 Å². The molecule has 0 unspecified atom stereocenters. The number of morpholine rings is 1. The molecule has 1 fully saturated rings. The van der Waals surface area contributed by atoms with E-state index < -0.39 is 0 Å². The number of rotatable bonds is 5. The molecule has 0 radical (unpaired) electrons. The highest BCUT2D eigenvalue weighted by molar-refractivity contribution is 5.91. The number of hydrogen-bond acceptors (Lipinski definition) is 6. The van der Waals surface area contributed by atoms with Gasteiger partial charge in [-0.25, -0.2) is 14.4 Å². The molecule has 4 rings (SSSR count). The fourth-order valence-electron chi connectivity index (χ4n) is 3.60. The SMILES string of the molecule is CC(C)(CNc1nc(-c2ccccc2O)nc2ccc(F)cc12)N1CCOCC1. The molecule has 0 bridgehead atoms. The molecule has 152 valence electrons. The highest BCUT2D eigenvalue weighted by Crippen LogP contribution is 2.30. The number of phenols is 1. The molecule has 1 saturated heterocycles. The van der Waals surface area contributed by atoms with E-state index in [0.29, 0.717) is 34.7 Å². The highest BCUT2D eigenvalue weighted by atomic mass is 19.1. The maximum absolute atomic E-state index is 13.9. The van der Waals surface area contributed by atoms with Crippen molar-refractivity contribution in [3.05, 3.63) is 48.3 Å². The van der Waals surface area contributed by atoms with Crippen LogP contribution in [-0.4, -0.2) is 58.4 Å². The minimum Gasteiger partial charge on any atom is -0.507 e. The second-order valence-electron chi connectivity index (χ2n) is 7.84. The first kappa shape index (κ1) is 19.5. The molecule has 6 nitrogen and oxygen atoms in total. The van der Waals surface area contributed by atoms with Crippen molar-refractivity contribution in [2.45, 2.75) is 19.4 Å². The Morgan fingerprint density at radius 2 is 1.90 bits per heavy atom. The summed E-state index contributed by atoms with van der Waals surface area (Å²) in [4.78, 5) is 11.5. The van der Waals surface area contributed by atoms with Crippen LogP contribution in [0, 0.1) is 5.82 Å². The van der Waals surface area contributed by atoms with Gasteiger partial charge in [-0.1, -0.05) is 12.1 Å². The monoisotopic (exact) mass is 396 g/mol. The fourth-order valence-corrected chi connectivity index (χ4v) is 3.60. The van der Waals surface area contributed by atoms with Gasteiger partial charge in [0.15, 0.2) is 5.82 Å². The zero-order valence-electron chi connectivity index (χ0n) is 16.7. The van der Waals surface area contributed by atoms with E-state index in [2.05, 4.69) is 34.0 Å². The van der Waals surface area contributed by atoms with Gasteiger partial charge in [-0.3, -0.25) is 4.90 Å². The number of benzene rings is 2. The summed E-state index contributed by atoms with van der Waals surface area (Å²) < 4.78 is 19.4. The number of nitrogens with zero attached hydrogens (tertiary/aromatic N) is 3. The molecule has 1 aliphatic heterocycles. The first-order chi connectivity index (χ1) is 13.9.